The summed E-state index contributed by atoms with van der Waals surface area (Å²) < 4.78 is 0. The van der Waals surface area contributed by atoms with Crippen LogP contribution in [0.4, 0.5) is 10.5 Å². The number of urea groups is 1. The summed E-state index contributed by atoms with van der Waals surface area (Å²) in [6, 6.07) is 8.29. The number of nitrogens with one attached hydrogen (secondary N) is 2. The molecule has 1 aromatic rings. The Balaban J connectivity index is 1.93. The summed E-state index contributed by atoms with van der Waals surface area (Å²) in [4.78, 5) is 10.7. The van der Waals surface area contributed by atoms with E-state index in [1.807, 2.05) is 24.3 Å². The van der Waals surface area contributed by atoms with Crippen molar-refractivity contribution in [1.82, 2.24) is 5.32 Å². The monoisotopic (exact) mass is 247 g/mol. The van der Waals surface area contributed by atoms with Gasteiger partial charge in [-0.3, -0.25) is 0 Å². The van der Waals surface area contributed by atoms with Gasteiger partial charge in [0.05, 0.1) is 0 Å². The molecule has 1 fully saturated rings. The van der Waals surface area contributed by atoms with Gasteiger partial charge in [0.25, 0.3) is 0 Å². The van der Waals surface area contributed by atoms with Crippen LogP contribution >= 0.6 is 0 Å². The Hall–Kier alpha value is -1.55. The largest absolute Gasteiger partial charge is 0.351 e. The molecule has 1 saturated carbocycles. The van der Waals surface area contributed by atoms with Gasteiger partial charge in [0.15, 0.2) is 0 Å². The van der Waals surface area contributed by atoms with Gasteiger partial charge in [-0.05, 0) is 37.5 Å². The number of anilines is 1. The molecule has 1 aromatic carbocycles. The molecule has 1 atom stereocenters. The van der Waals surface area contributed by atoms with Gasteiger partial charge in [-0.1, -0.05) is 25.0 Å². The summed E-state index contributed by atoms with van der Waals surface area (Å²) >= 11 is 0. The second kappa shape index (κ2) is 5.87. The zero-order chi connectivity index (χ0) is 13.0. The molecule has 0 bridgehead atoms. The van der Waals surface area contributed by atoms with E-state index in [0.29, 0.717) is 12.1 Å². The van der Waals surface area contributed by atoms with Crippen LogP contribution in [-0.2, 0) is 0 Å². The van der Waals surface area contributed by atoms with Crippen LogP contribution in [0.1, 0.15) is 44.2 Å². The molecule has 2 rings (SSSR count). The van der Waals surface area contributed by atoms with Gasteiger partial charge in [0.1, 0.15) is 0 Å². The number of carbonyl (C=O) groups is 1. The third kappa shape index (κ3) is 3.47. The molecule has 0 spiro atoms. The molecule has 4 N–H and O–H groups in total. The summed E-state index contributed by atoms with van der Waals surface area (Å²) in [6.45, 7) is 2.18. The van der Waals surface area contributed by atoms with Crippen LogP contribution in [0.5, 0.6) is 0 Å². The van der Waals surface area contributed by atoms with Crippen LogP contribution in [0.2, 0.25) is 0 Å². The number of hydrogen-bond acceptors (Lipinski definition) is 2. The fourth-order valence-electron chi connectivity index (χ4n) is 2.54. The maximum Gasteiger partial charge on any atom is 0.316 e. The van der Waals surface area contributed by atoms with Crippen LogP contribution in [0.25, 0.3) is 0 Å². The zero-order valence-electron chi connectivity index (χ0n) is 10.8. The SMILES string of the molecule is CC(NC1CCCC1)c1ccc(NC(N)=O)cc1. The van der Waals surface area contributed by atoms with Crippen molar-refractivity contribution in [3.63, 3.8) is 0 Å². The van der Waals surface area contributed by atoms with E-state index < -0.39 is 6.03 Å². The van der Waals surface area contributed by atoms with E-state index in [9.17, 15) is 4.79 Å². The highest BCUT2D eigenvalue weighted by molar-refractivity contribution is 5.87. The molecule has 18 heavy (non-hydrogen) atoms. The summed E-state index contributed by atoms with van der Waals surface area (Å²) in [5, 5.41) is 6.21. The van der Waals surface area contributed by atoms with E-state index in [4.69, 9.17) is 5.73 Å². The van der Waals surface area contributed by atoms with Gasteiger partial charge in [-0.2, -0.15) is 0 Å². The van der Waals surface area contributed by atoms with Crippen LogP contribution in [0.15, 0.2) is 24.3 Å². The topological polar surface area (TPSA) is 67.2 Å². The van der Waals surface area contributed by atoms with Crippen molar-refractivity contribution in [2.24, 2.45) is 5.73 Å². The second-order valence-electron chi connectivity index (χ2n) is 4.98. The molecule has 2 amide bonds. The normalized spacial score (nSPS) is 17.6. The third-order valence-electron chi connectivity index (χ3n) is 3.52. The predicted octanol–water partition coefficient (Wildman–Crippen LogP) is 2.77. The van der Waals surface area contributed by atoms with E-state index >= 15 is 0 Å². The van der Waals surface area contributed by atoms with Crippen molar-refractivity contribution in [1.29, 1.82) is 0 Å². The second-order valence-corrected chi connectivity index (χ2v) is 4.98. The lowest BCUT2D eigenvalue weighted by molar-refractivity contribution is 0.259. The Morgan fingerprint density at radius 1 is 1.28 bits per heavy atom. The van der Waals surface area contributed by atoms with Gasteiger partial charge >= 0.3 is 6.03 Å². The first kappa shape index (κ1) is 12.9. The molecule has 0 aromatic heterocycles. The number of carbonyl (C=O) groups excluding carboxylic acids is 1. The van der Waals surface area contributed by atoms with E-state index in [0.717, 1.165) is 5.69 Å². The van der Waals surface area contributed by atoms with Crippen LogP contribution < -0.4 is 16.4 Å². The quantitative estimate of drug-likeness (QED) is 0.766. The fraction of sp³-hybridized carbons (Fsp3) is 0.500. The molecule has 0 saturated heterocycles. The molecule has 4 nitrogen and oxygen atoms in total. The van der Waals surface area contributed by atoms with Crippen LogP contribution in [-0.4, -0.2) is 12.1 Å². The fourth-order valence-corrected chi connectivity index (χ4v) is 2.54. The highest BCUT2D eigenvalue weighted by Gasteiger charge is 2.17. The lowest BCUT2D eigenvalue weighted by atomic mass is 10.1. The molecule has 1 aliphatic carbocycles. The van der Waals surface area contributed by atoms with E-state index in [2.05, 4.69) is 17.6 Å². The molecule has 0 radical (unpaired) electrons. The Bertz CT molecular complexity index is 396. The minimum absolute atomic E-state index is 0.343. The number of primary amides is 1. The summed E-state index contributed by atoms with van der Waals surface area (Å²) in [5.41, 5.74) is 7.04. The van der Waals surface area contributed by atoms with Crippen molar-refractivity contribution in [2.45, 2.75) is 44.7 Å². The van der Waals surface area contributed by atoms with Gasteiger partial charge in [0.2, 0.25) is 0 Å². The molecule has 0 aliphatic heterocycles. The van der Waals surface area contributed by atoms with E-state index in [-0.39, 0.29) is 0 Å². The average molecular weight is 247 g/mol. The molecule has 4 heteroatoms. The number of nitrogens with two attached hydrogens (primary N) is 1. The van der Waals surface area contributed by atoms with Gasteiger partial charge in [-0.15, -0.1) is 0 Å². The molecule has 1 unspecified atom stereocenters. The molecule has 98 valence electrons. The zero-order valence-corrected chi connectivity index (χ0v) is 10.8. The summed E-state index contributed by atoms with van der Waals surface area (Å²) in [7, 11) is 0. The Labute approximate surface area is 108 Å². The van der Waals surface area contributed by atoms with Gasteiger partial charge < -0.3 is 16.4 Å². The number of rotatable bonds is 4. The Kier molecular flexibility index (Phi) is 4.20. The highest BCUT2D eigenvalue weighted by Crippen LogP contribution is 2.22. The average Bonchev–Trinajstić information content (AvgIpc) is 2.82. The first-order valence-electron chi connectivity index (χ1n) is 6.57. The van der Waals surface area contributed by atoms with Crippen molar-refractivity contribution in [3.05, 3.63) is 29.8 Å². The number of benzene rings is 1. The van der Waals surface area contributed by atoms with Crippen molar-refractivity contribution < 1.29 is 4.79 Å². The highest BCUT2D eigenvalue weighted by atomic mass is 16.2. The molecule has 1 aliphatic rings. The first-order chi connectivity index (χ1) is 8.65. The maximum absolute atomic E-state index is 10.7. The first-order valence-corrected chi connectivity index (χ1v) is 6.57. The summed E-state index contributed by atoms with van der Waals surface area (Å²) in [6.07, 6.45) is 5.25. The number of amides is 2. The van der Waals surface area contributed by atoms with Gasteiger partial charge in [0, 0.05) is 17.8 Å². The summed E-state index contributed by atoms with van der Waals surface area (Å²) in [5.74, 6) is 0. The minimum Gasteiger partial charge on any atom is -0.351 e. The minimum atomic E-state index is -0.528. The smallest absolute Gasteiger partial charge is 0.316 e. The van der Waals surface area contributed by atoms with Gasteiger partial charge in [-0.25, -0.2) is 4.79 Å². The molecular formula is C14H21N3O. The molecular weight excluding hydrogens is 226 g/mol. The third-order valence-corrected chi connectivity index (χ3v) is 3.52. The lowest BCUT2D eigenvalue weighted by Gasteiger charge is -2.19. The van der Waals surface area contributed by atoms with Crippen LogP contribution in [0, 0.1) is 0 Å². The van der Waals surface area contributed by atoms with E-state index in [1.54, 1.807) is 0 Å². The molecule has 0 heterocycles. The van der Waals surface area contributed by atoms with Crippen molar-refractivity contribution in [2.75, 3.05) is 5.32 Å². The maximum atomic E-state index is 10.7. The van der Waals surface area contributed by atoms with Crippen LogP contribution in [0.3, 0.4) is 0 Å². The lowest BCUT2D eigenvalue weighted by Crippen LogP contribution is -2.28. The predicted molar refractivity (Wildman–Crippen MR) is 73.5 cm³/mol. The van der Waals surface area contributed by atoms with Crippen molar-refractivity contribution in [3.8, 4) is 0 Å². The van der Waals surface area contributed by atoms with Crippen molar-refractivity contribution >= 4 is 11.7 Å². The van der Waals surface area contributed by atoms with E-state index in [1.165, 1.54) is 31.2 Å². The Morgan fingerprint density at radius 3 is 2.44 bits per heavy atom. The number of hydrogen-bond donors (Lipinski definition) is 3. The Morgan fingerprint density at radius 2 is 1.89 bits per heavy atom. The standard InChI is InChI=1S/C14H21N3O/c1-10(16-12-4-2-3-5-12)11-6-8-13(9-7-11)17-14(15)18/h6-10,12,16H,2-5H2,1H3,(H3,15,17,18).